The van der Waals surface area contributed by atoms with Gasteiger partial charge in [-0.25, -0.2) is 9.86 Å². The average Bonchev–Trinajstić information content (AvgIpc) is 2.60. The number of carboxylic acid groups (broad SMARTS) is 1. The number of aliphatic carboxylic acids is 1. The van der Waals surface area contributed by atoms with Crippen LogP contribution in [0.2, 0.25) is 0 Å². The summed E-state index contributed by atoms with van der Waals surface area (Å²) in [6.45, 7) is 1.04. The zero-order chi connectivity index (χ0) is 19.4. The number of carbonyl (C=O) groups excluding carboxylic acids is 2. The Bertz CT molecular complexity index is 717. The van der Waals surface area contributed by atoms with Crippen molar-refractivity contribution in [1.29, 1.82) is 5.26 Å². The lowest BCUT2D eigenvalue weighted by atomic mass is 10.0. The molecule has 0 radical (unpaired) electrons. The number of hydrogen-bond acceptors (Lipinski definition) is 8. The molecule has 26 heavy (non-hydrogen) atoms. The summed E-state index contributed by atoms with van der Waals surface area (Å²) < 4.78 is 4.88. The van der Waals surface area contributed by atoms with E-state index in [0.717, 1.165) is 0 Å². The Balaban J connectivity index is 2.22. The molecule has 0 saturated carbocycles. The highest BCUT2D eigenvalue weighted by molar-refractivity contribution is 8.00. The second-order valence-electron chi connectivity index (χ2n) is 5.45. The highest BCUT2D eigenvalue weighted by Crippen LogP contribution is 2.42. The van der Waals surface area contributed by atoms with Crippen molar-refractivity contribution < 1.29 is 29.1 Å². The van der Waals surface area contributed by atoms with Gasteiger partial charge in [-0.05, 0) is 0 Å². The number of thioether (sulfide) groups is 1. The molecule has 1 N–H and O–H groups in total. The van der Waals surface area contributed by atoms with Gasteiger partial charge >= 0.3 is 11.9 Å². The summed E-state index contributed by atoms with van der Waals surface area (Å²) in [4.78, 5) is 42.0. The maximum absolute atomic E-state index is 12.6. The number of amides is 1. The Labute approximate surface area is 159 Å². The summed E-state index contributed by atoms with van der Waals surface area (Å²) in [7, 11) is 1.36. The Kier molecular flexibility index (Phi) is 6.57. The van der Waals surface area contributed by atoms with Gasteiger partial charge in [-0.15, -0.1) is 11.8 Å². The fourth-order valence-corrected chi connectivity index (χ4v) is 4.34. The van der Waals surface area contributed by atoms with Gasteiger partial charge in [-0.3, -0.25) is 19.3 Å². The molecule has 2 aliphatic heterocycles. The van der Waals surface area contributed by atoms with Crippen molar-refractivity contribution in [2.45, 2.75) is 31.2 Å². The van der Waals surface area contributed by atoms with Gasteiger partial charge in [-0.1, -0.05) is 12.2 Å². The molecule has 2 heterocycles. The van der Waals surface area contributed by atoms with Gasteiger partial charge in [0.2, 0.25) is 0 Å². The van der Waals surface area contributed by atoms with Crippen molar-refractivity contribution in [2.75, 3.05) is 19.5 Å². The molecule has 0 aromatic heterocycles. The number of carboxylic acids is 1. The largest absolute Gasteiger partial charge is 0.477 e. The van der Waals surface area contributed by atoms with E-state index in [2.05, 4.69) is 0 Å². The van der Waals surface area contributed by atoms with E-state index >= 15 is 0 Å². The number of fused-ring (bicyclic) bond motifs is 1. The normalized spacial score (nSPS) is 21.4. The van der Waals surface area contributed by atoms with Crippen LogP contribution in [-0.2, 0) is 24.0 Å². The summed E-state index contributed by atoms with van der Waals surface area (Å²) in [5.41, 5.74) is 0.187. The van der Waals surface area contributed by atoms with E-state index < -0.39 is 29.3 Å². The smallest absolute Gasteiger partial charge is 0.352 e. The topological polar surface area (TPSA) is 120 Å². The Hall–Kier alpha value is -2.16. The van der Waals surface area contributed by atoms with Crippen LogP contribution in [0, 0.1) is 11.3 Å². The molecule has 1 fully saturated rings. The van der Waals surface area contributed by atoms with Gasteiger partial charge in [0.05, 0.1) is 13.2 Å². The molecule has 0 aromatic carbocycles. The Morgan fingerprint density at radius 1 is 1.54 bits per heavy atom. The Morgan fingerprint density at radius 2 is 2.23 bits per heavy atom. The lowest BCUT2D eigenvalue weighted by Gasteiger charge is -2.52. The zero-order valence-electron chi connectivity index (χ0n) is 14.1. The van der Waals surface area contributed by atoms with E-state index in [1.807, 2.05) is 6.07 Å². The summed E-state index contributed by atoms with van der Waals surface area (Å²) in [5, 5.41) is 19.0. The number of hydroxylamine groups is 2. The van der Waals surface area contributed by atoms with Gasteiger partial charge in [0, 0.05) is 31.1 Å². The molecule has 9 nitrogen and oxygen atoms in total. The van der Waals surface area contributed by atoms with E-state index in [0.29, 0.717) is 16.3 Å². The minimum absolute atomic E-state index is 0.171. The highest BCUT2D eigenvalue weighted by Gasteiger charge is 2.57. The number of rotatable bonds is 7. The second-order valence-corrected chi connectivity index (χ2v) is 7.03. The average molecular weight is 399 g/mol. The van der Waals surface area contributed by atoms with Crippen molar-refractivity contribution in [1.82, 2.24) is 9.96 Å². The van der Waals surface area contributed by atoms with E-state index in [9.17, 15) is 19.5 Å². The van der Waals surface area contributed by atoms with E-state index in [1.54, 1.807) is 0 Å². The first-order valence-corrected chi connectivity index (χ1v) is 9.05. The molecule has 2 atom stereocenters. The molecule has 0 bridgehead atoms. The Morgan fingerprint density at radius 3 is 2.77 bits per heavy atom. The molecule has 0 spiro atoms. The first-order valence-electron chi connectivity index (χ1n) is 7.60. The molecular weight excluding hydrogens is 382 g/mol. The molecule has 1 amide bonds. The minimum Gasteiger partial charge on any atom is -0.477 e. The van der Waals surface area contributed by atoms with Crippen LogP contribution in [0.3, 0.4) is 0 Å². The predicted octanol–water partition coefficient (Wildman–Crippen LogP) is 0.666. The fourth-order valence-electron chi connectivity index (χ4n) is 2.69. The molecular formula is C15H17N3O6S2. The number of nitrogens with zero attached hydrogens (tertiary/aromatic N) is 3. The number of β-lactam (4-membered cyclic amide) rings is 1. The SMILES string of the molecule is CON(C(=S)CCC#N)C1C(=O)N2C(C(=O)O)=C(COC(C)=O)CS[C@@H]12. The molecule has 2 rings (SSSR count). The molecule has 1 saturated heterocycles. The third-order valence-corrected chi connectivity index (χ3v) is 5.53. The van der Waals surface area contributed by atoms with Gasteiger partial charge in [0.15, 0.2) is 6.04 Å². The number of ether oxygens (including phenoxy) is 1. The van der Waals surface area contributed by atoms with Crippen molar-refractivity contribution in [2.24, 2.45) is 0 Å². The molecule has 0 aromatic rings. The van der Waals surface area contributed by atoms with Crippen LogP contribution >= 0.6 is 24.0 Å². The van der Waals surface area contributed by atoms with E-state index in [4.69, 9.17) is 27.1 Å². The standard InChI is InChI=1S/C15H17N3O6S2/c1-8(19)24-6-9-7-26-14-12(13(20)17(14)11(9)15(21)22)18(23-2)10(25)4-3-5-16/h12,14H,3-4,6-7H2,1-2H3,(H,21,22)/t12?,14-/m0/s1. The molecule has 1 unspecified atom stereocenters. The third kappa shape index (κ3) is 3.82. The summed E-state index contributed by atoms with van der Waals surface area (Å²) in [5.74, 6) is -1.97. The van der Waals surface area contributed by atoms with Crippen molar-refractivity contribution >= 4 is 46.8 Å². The lowest BCUT2D eigenvalue weighted by molar-refractivity contribution is -0.176. The van der Waals surface area contributed by atoms with Crippen molar-refractivity contribution in [3.63, 3.8) is 0 Å². The maximum atomic E-state index is 12.6. The zero-order valence-corrected chi connectivity index (χ0v) is 15.8. The predicted molar refractivity (Wildman–Crippen MR) is 94.5 cm³/mol. The van der Waals surface area contributed by atoms with Crippen LogP contribution < -0.4 is 0 Å². The summed E-state index contributed by atoms with van der Waals surface area (Å²) >= 11 is 6.56. The third-order valence-electron chi connectivity index (χ3n) is 3.82. The second kappa shape index (κ2) is 8.48. The van der Waals surface area contributed by atoms with Crippen LogP contribution in [0.15, 0.2) is 11.3 Å². The van der Waals surface area contributed by atoms with Gasteiger partial charge in [0.1, 0.15) is 22.7 Å². The number of hydrogen-bond donors (Lipinski definition) is 1. The number of nitriles is 1. The number of carbonyl (C=O) groups is 3. The van der Waals surface area contributed by atoms with E-state index in [1.165, 1.54) is 35.8 Å². The highest BCUT2D eigenvalue weighted by atomic mass is 32.2. The number of esters is 1. The van der Waals surface area contributed by atoms with Crippen LogP contribution in [0.4, 0.5) is 0 Å². The van der Waals surface area contributed by atoms with E-state index in [-0.39, 0.29) is 25.1 Å². The molecule has 0 aliphatic carbocycles. The van der Waals surface area contributed by atoms with Gasteiger partial charge < -0.3 is 9.84 Å². The monoisotopic (exact) mass is 399 g/mol. The maximum Gasteiger partial charge on any atom is 0.352 e. The molecule has 140 valence electrons. The molecule has 11 heteroatoms. The molecule has 2 aliphatic rings. The quantitative estimate of drug-likeness (QED) is 0.283. The van der Waals surface area contributed by atoms with Crippen LogP contribution in [0.5, 0.6) is 0 Å². The number of thiocarbonyl (C=S) groups is 1. The first-order chi connectivity index (χ1) is 12.3. The minimum atomic E-state index is -1.26. The fraction of sp³-hybridized carbons (Fsp3) is 0.533. The van der Waals surface area contributed by atoms with Gasteiger partial charge in [0.25, 0.3) is 5.91 Å². The first kappa shape index (κ1) is 20.2. The van der Waals surface area contributed by atoms with Crippen LogP contribution in [0.25, 0.3) is 0 Å². The van der Waals surface area contributed by atoms with Crippen molar-refractivity contribution in [3.05, 3.63) is 11.3 Å². The summed E-state index contributed by atoms with van der Waals surface area (Å²) in [6.07, 6.45) is 0.452. The van der Waals surface area contributed by atoms with Crippen molar-refractivity contribution in [3.8, 4) is 6.07 Å². The van der Waals surface area contributed by atoms with Gasteiger partial charge in [-0.2, -0.15) is 5.26 Å². The van der Waals surface area contributed by atoms with Crippen LogP contribution in [0.1, 0.15) is 19.8 Å². The lowest BCUT2D eigenvalue weighted by Crippen LogP contribution is -2.71. The summed E-state index contributed by atoms with van der Waals surface area (Å²) in [6, 6.07) is 1.21. The van der Waals surface area contributed by atoms with Crippen LogP contribution in [-0.4, -0.2) is 68.8 Å².